The van der Waals surface area contributed by atoms with E-state index in [1.807, 2.05) is 37.5 Å². The van der Waals surface area contributed by atoms with E-state index in [2.05, 4.69) is 38.1 Å². The van der Waals surface area contributed by atoms with Gasteiger partial charge in [0.25, 0.3) is 0 Å². The predicted molar refractivity (Wildman–Crippen MR) is 104 cm³/mol. The van der Waals surface area contributed by atoms with Crippen LogP contribution >= 0.6 is 11.6 Å². The molecule has 0 bridgehead atoms. The van der Waals surface area contributed by atoms with E-state index in [-0.39, 0.29) is 0 Å². The molecule has 1 aliphatic rings. The van der Waals surface area contributed by atoms with Gasteiger partial charge in [-0.3, -0.25) is 4.90 Å². The number of piperidine rings is 1. The number of anilines is 2. The number of benzene rings is 1. The zero-order valence-corrected chi connectivity index (χ0v) is 15.7. The first kappa shape index (κ1) is 18.0. The lowest BCUT2D eigenvalue weighted by atomic mass is 10.0. The molecule has 1 saturated heterocycles. The summed E-state index contributed by atoms with van der Waals surface area (Å²) < 4.78 is 0. The first-order chi connectivity index (χ1) is 12.2. The normalized spacial score (nSPS) is 16.0. The van der Waals surface area contributed by atoms with Crippen molar-refractivity contribution in [3.05, 3.63) is 47.1 Å². The lowest BCUT2D eigenvalue weighted by Crippen LogP contribution is -2.39. The molecular weight excluding hydrogens is 334 g/mol. The Hall–Kier alpha value is -1.85. The number of nitrogens with one attached hydrogen (secondary N) is 1. The second-order valence-corrected chi connectivity index (χ2v) is 6.95. The Morgan fingerprint density at radius 1 is 1.24 bits per heavy atom. The highest BCUT2D eigenvalue weighted by molar-refractivity contribution is 6.31. The molecule has 0 radical (unpaired) electrons. The smallest absolute Gasteiger partial charge is 0.224 e. The largest absolute Gasteiger partial charge is 0.360 e. The Labute approximate surface area is 155 Å². The first-order valence-corrected chi connectivity index (χ1v) is 9.30. The van der Waals surface area contributed by atoms with Crippen molar-refractivity contribution >= 4 is 23.4 Å². The number of hydrogen-bond donors (Lipinski definition) is 1. The Morgan fingerprint density at radius 2 is 2.00 bits per heavy atom. The van der Waals surface area contributed by atoms with Crippen LogP contribution in [0.3, 0.4) is 0 Å². The van der Waals surface area contributed by atoms with Gasteiger partial charge in [0, 0.05) is 50.5 Å². The Morgan fingerprint density at radius 3 is 2.72 bits per heavy atom. The second kappa shape index (κ2) is 8.50. The fraction of sp³-hybridized carbons (Fsp3) is 0.474. The molecule has 0 aliphatic carbocycles. The van der Waals surface area contributed by atoms with Crippen LogP contribution in [0, 0.1) is 0 Å². The van der Waals surface area contributed by atoms with Gasteiger partial charge >= 0.3 is 0 Å². The number of halogens is 1. The summed E-state index contributed by atoms with van der Waals surface area (Å²) in [5, 5.41) is 4.35. The van der Waals surface area contributed by atoms with Crippen molar-refractivity contribution in [2.24, 2.45) is 0 Å². The van der Waals surface area contributed by atoms with Gasteiger partial charge in [-0.15, -0.1) is 0 Å². The van der Waals surface area contributed by atoms with Crippen molar-refractivity contribution in [1.82, 2.24) is 14.9 Å². The second-order valence-electron chi connectivity index (χ2n) is 6.54. The molecule has 1 aromatic heterocycles. The molecule has 6 heteroatoms. The molecule has 2 aromatic rings. The van der Waals surface area contributed by atoms with Crippen molar-refractivity contribution in [3.63, 3.8) is 0 Å². The van der Waals surface area contributed by atoms with E-state index in [9.17, 15) is 0 Å². The number of rotatable bonds is 6. The van der Waals surface area contributed by atoms with Gasteiger partial charge in [-0.05, 0) is 37.5 Å². The van der Waals surface area contributed by atoms with Crippen LogP contribution in [0.5, 0.6) is 0 Å². The standard InChI is InChI=1S/C19H26ClN5/c1-3-24(2)18-8-11-21-19(23-18)22-16-9-12-25(13-10-16)14-15-6-4-5-7-17(15)20/h4-8,11,16H,3,9-10,12-14H2,1-2H3,(H,21,22,23). The highest BCUT2D eigenvalue weighted by Gasteiger charge is 2.20. The monoisotopic (exact) mass is 359 g/mol. The zero-order chi connectivity index (χ0) is 17.6. The van der Waals surface area contributed by atoms with E-state index in [1.54, 1.807) is 0 Å². The first-order valence-electron chi connectivity index (χ1n) is 8.92. The molecule has 5 nitrogen and oxygen atoms in total. The maximum atomic E-state index is 6.27. The SMILES string of the molecule is CCN(C)c1ccnc(NC2CCN(Cc3ccccc3Cl)CC2)n1. The lowest BCUT2D eigenvalue weighted by molar-refractivity contribution is 0.211. The molecule has 3 rings (SSSR count). The number of likely N-dealkylation sites (tertiary alicyclic amines) is 1. The van der Waals surface area contributed by atoms with E-state index < -0.39 is 0 Å². The van der Waals surface area contributed by atoms with Crippen LogP contribution in [-0.4, -0.2) is 47.6 Å². The van der Waals surface area contributed by atoms with E-state index in [4.69, 9.17) is 11.6 Å². The van der Waals surface area contributed by atoms with Crippen molar-refractivity contribution in [3.8, 4) is 0 Å². The Kier molecular flexibility index (Phi) is 6.10. The predicted octanol–water partition coefficient (Wildman–Crippen LogP) is 3.66. The lowest BCUT2D eigenvalue weighted by Gasteiger charge is -2.32. The molecule has 1 fully saturated rings. The summed E-state index contributed by atoms with van der Waals surface area (Å²) in [6.45, 7) is 6.06. The number of aromatic nitrogens is 2. The third kappa shape index (κ3) is 4.83. The molecule has 0 amide bonds. The van der Waals surface area contributed by atoms with Gasteiger partial charge in [-0.2, -0.15) is 4.98 Å². The number of nitrogens with zero attached hydrogens (tertiary/aromatic N) is 4. The topological polar surface area (TPSA) is 44.3 Å². The molecule has 0 saturated carbocycles. The van der Waals surface area contributed by atoms with Crippen molar-refractivity contribution < 1.29 is 0 Å². The molecule has 25 heavy (non-hydrogen) atoms. The molecule has 0 unspecified atom stereocenters. The number of hydrogen-bond acceptors (Lipinski definition) is 5. The molecule has 0 atom stereocenters. The van der Waals surface area contributed by atoms with Crippen LogP contribution in [0.25, 0.3) is 0 Å². The van der Waals surface area contributed by atoms with Crippen LogP contribution in [0.1, 0.15) is 25.3 Å². The van der Waals surface area contributed by atoms with Gasteiger partial charge in [0.15, 0.2) is 0 Å². The van der Waals surface area contributed by atoms with Crippen LogP contribution < -0.4 is 10.2 Å². The van der Waals surface area contributed by atoms with Crippen molar-refractivity contribution in [1.29, 1.82) is 0 Å². The van der Waals surface area contributed by atoms with E-state index in [0.29, 0.717) is 6.04 Å². The third-order valence-corrected chi connectivity index (χ3v) is 5.15. The van der Waals surface area contributed by atoms with Gasteiger partial charge < -0.3 is 10.2 Å². The van der Waals surface area contributed by atoms with Gasteiger partial charge in [0.05, 0.1) is 0 Å². The summed E-state index contributed by atoms with van der Waals surface area (Å²) in [5.41, 5.74) is 1.20. The summed E-state index contributed by atoms with van der Waals surface area (Å²) in [6.07, 6.45) is 3.99. The minimum absolute atomic E-state index is 0.421. The fourth-order valence-electron chi connectivity index (χ4n) is 3.08. The highest BCUT2D eigenvalue weighted by Crippen LogP contribution is 2.21. The average molecular weight is 360 g/mol. The molecule has 134 valence electrons. The molecule has 1 N–H and O–H groups in total. The Balaban J connectivity index is 1.52. The summed E-state index contributed by atoms with van der Waals surface area (Å²) >= 11 is 6.27. The highest BCUT2D eigenvalue weighted by atomic mass is 35.5. The molecular formula is C19H26ClN5. The van der Waals surface area contributed by atoms with Crippen molar-refractivity contribution in [2.75, 3.05) is 36.9 Å². The quantitative estimate of drug-likeness (QED) is 0.852. The average Bonchev–Trinajstić information content (AvgIpc) is 2.65. The fourth-order valence-corrected chi connectivity index (χ4v) is 3.27. The van der Waals surface area contributed by atoms with E-state index in [0.717, 1.165) is 55.8 Å². The molecule has 1 aliphatic heterocycles. The summed E-state index contributed by atoms with van der Waals surface area (Å²) in [6, 6.07) is 10.5. The maximum absolute atomic E-state index is 6.27. The van der Waals surface area contributed by atoms with Gasteiger partial charge in [-0.1, -0.05) is 29.8 Å². The van der Waals surface area contributed by atoms with Gasteiger partial charge in [-0.25, -0.2) is 4.98 Å². The van der Waals surface area contributed by atoms with Gasteiger partial charge in [0.1, 0.15) is 5.82 Å². The van der Waals surface area contributed by atoms with Gasteiger partial charge in [0.2, 0.25) is 5.95 Å². The van der Waals surface area contributed by atoms with E-state index in [1.165, 1.54) is 5.56 Å². The van der Waals surface area contributed by atoms with Crippen LogP contribution in [0.2, 0.25) is 5.02 Å². The summed E-state index contributed by atoms with van der Waals surface area (Å²) in [4.78, 5) is 13.5. The van der Waals surface area contributed by atoms with Crippen molar-refractivity contribution in [2.45, 2.75) is 32.4 Å². The summed E-state index contributed by atoms with van der Waals surface area (Å²) in [7, 11) is 2.04. The van der Waals surface area contributed by atoms with E-state index >= 15 is 0 Å². The van der Waals surface area contributed by atoms with Crippen LogP contribution in [0.4, 0.5) is 11.8 Å². The third-order valence-electron chi connectivity index (χ3n) is 4.78. The zero-order valence-electron chi connectivity index (χ0n) is 15.0. The van der Waals surface area contributed by atoms with Crippen LogP contribution in [-0.2, 0) is 6.54 Å². The molecule has 2 heterocycles. The summed E-state index contributed by atoms with van der Waals surface area (Å²) in [5.74, 6) is 1.68. The maximum Gasteiger partial charge on any atom is 0.224 e. The Bertz CT molecular complexity index is 685. The minimum Gasteiger partial charge on any atom is -0.360 e. The minimum atomic E-state index is 0.421. The van der Waals surface area contributed by atoms with Crippen LogP contribution in [0.15, 0.2) is 36.5 Å². The molecule has 0 spiro atoms. The molecule has 1 aromatic carbocycles.